The Hall–Kier alpha value is -1.55. The molecule has 0 radical (unpaired) electrons. The van der Waals surface area contributed by atoms with Gasteiger partial charge in [-0.1, -0.05) is 23.7 Å². The lowest BCUT2D eigenvalue weighted by molar-refractivity contribution is -0.126. The zero-order valence-electron chi connectivity index (χ0n) is 12.0. The minimum absolute atomic E-state index is 0.0164. The van der Waals surface area contributed by atoms with Crippen LogP contribution in [0.25, 0.3) is 0 Å². The third-order valence-corrected chi connectivity index (χ3v) is 4.66. The maximum Gasteiger partial charge on any atom is 0.227 e. The van der Waals surface area contributed by atoms with Crippen LogP contribution in [-0.2, 0) is 9.59 Å². The molecular weight excluding hydrogens is 288 g/mol. The van der Waals surface area contributed by atoms with E-state index in [0.29, 0.717) is 23.2 Å². The lowest BCUT2D eigenvalue weighted by atomic mass is 10.1. The molecule has 2 fully saturated rings. The van der Waals surface area contributed by atoms with Gasteiger partial charge in [0.25, 0.3) is 0 Å². The molecule has 4 nitrogen and oxygen atoms in total. The van der Waals surface area contributed by atoms with Crippen LogP contribution in [0.5, 0.6) is 0 Å². The fraction of sp³-hybridized carbons (Fsp3) is 0.500. The highest BCUT2D eigenvalue weighted by Gasteiger charge is 2.37. The molecule has 2 unspecified atom stereocenters. The molecule has 1 aromatic carbocycles. The van der Waals surface area contributed by atoms with Crippen molar-refractivity contribution >= 4 is 29.1 Å². The maximum atomic E-state index is 12.3. The summed E-state index contributed by atoms with van der Waals surface area (Å²) >= 11 is 6.14. The summed E-state index contributed by atoms with van der Waals surface area (Å²) in [7, 11) is 0. The summed E-state index contributed by atoms with van der Waals surface area (Å²) in [6, 6.07) is 7.45. The van der Waals surface area contributed by atoms with E-state index in [1.807, 2.05) is 25.1 Å². The largest absolute Gasteiger partial charge is 0.353 e. The monoisotopic (exact) mass is 306 g/mol. The Balaban J connectivity index is 1.66. The van der Waals surface area contributed by atoms with Crippen molar-refractivity contribution in [1.29, 1.82) is 0 Å². The summed E-state index contributed by atoms with van der Waals surface area (Å²) in [5, 5.41) is 3.58. The number of nitrogens with zero attached hydrogens (tertiary/aromatic N) is 1. The molecule has 2 atom stereocenters. The summed E-state index contributed by atoms with van der Waals surface area (Å²) in [6.07, 6.45) is 2.64. The Morgan fingerprint density at radius 1 is 1.38 bits per heavy atom. The summed E-state index contributed by atoms with van der Waals surface area (Å²) in [6.45, 7) is 2.45. The highest BCUT2D eigenvalue weighted by molar-refractivity contribution is 6.33. The number of rotatable bonds is 4. The van der Waals surface area contributed by atoms with Crippen molar-refractivity contribution in [1.82, 2.24) is 5.32 Å². The van der Waals surface area contributed by atoms with Crippen LogP contribution in [0.4, 0.5) is 5.69 Å². The molecule has 0 aromatic heterocycles. The van der Waals surface area contributed by atoms with Gasteiger partial charge in [0, 0.05) is 19.0 Å². The molecule has 0 spiro atoms. The molecule has 1 aliphatic heterocycles. The standard InChI is InChI=1S/C16H19ClN2O2/c1-10(11-6-7-11)18-16(21)12-8-15(20)19(9-12)14-5-3-2-4-13(14)17/h2-5,10-12H,6-9H2,1H3,(H,18,21). The number of carbonyl (C=O) groups is 2. The molecule has 0 bridgehead atoms. The molecule has 21 heavy (non-hydrogen) atoms. The maximum absolute atomic E-state index is 12.3. The van der Waals surface area contributed by atoms with Crippen molar-refractivity contribution in [3.8, 4) is 0 Å². The van der Waals surface area contributed by atoms with Crippen molar-refractivity contribution < 1.29 is 9.59 Å². The van der Waals surface area contributed by atoms with Gasteiger partial charge in [0.1, 0.15) is 0 Å². The molecule has 3 rings (SSSR count). The second-order valence-corrected chi connectivity index (χ2v) is 6.40. The van der Waals surface area contributed by atoms with Crippen LogP contribution < -0.4 is 10.2 Å². The first-order chi connectivity index (χ1) is 10.1. The topological polar surface area (TPSA) is 49.4 Å². The van der Waals surface area contributed by atoms with E-state index in [1.54, 1.807) is 11.0 Å². The van der Waals surface area contributed by atoms with Gasteiger partial charge in [0.05, 0.1) is 16.6 Å². The average Bonchev–Trinajstić information content (AvgIpc) is 3.23. The molecular formula is C16H19ClN2O2. The van der Waals surface area contributed by atoms with E-state index in [1.165, 1.54) is 12.8 Å². The van der Waals surface area contributed by atoms with Gasteiger partial charge in [-0.2, -0.15) is 0 Å². The first kappa shape index (κ1) is 14.4. The predicted octanol–water partition coefficient (Wildman–Crippen LogP) is 2.61. The molecule has 1 heterocycles. The lowest BCUT2D eigenvalue weighted by Gasteiger charge is -2.19. The molecule has 1 aliphatic carbocycles. The van der Waals surface area contributed by atoms with Crippen molar-refractivity contribution in [3.05, 3.63) is 29.3 Å². The van der Waals surface area contributed by atoms with Crippen molar-refractivity contribution in [2.24, 2.45) is 11.8 Å². The van der Waals surface area contributed by atoms with Crippen LogP contribution in [0.3, 0.4) is 0 Å². The number of nitrogens with one attached hydrogen (secondary N) is 1. The van der Waals surface area contributed by atoms with E-state index in [-0.39, 0.29) is 30.2 Å². The molecule has 1 saturated carbocycles. The smallest absolute Gasteiger partial charge is 0.227 e. The summed E-state index contributed by atoms with van der Waals surface area (Å²) in [4.78, 5) is 26.1. The van der Waals surface area contributed by atoms with Gasteiger partial charge in [-0.15, -0.1) is 0 Å². The number of halogens is 1. The number of benzene rings is 1. The Bertz CT molecular complexity index is 571. The van der Waals surface area contributed by atoms with Crippen LogP contribution in [0, 0.1) is 11.8 Å². The molecule has 2 amide bonds. The number of amides is 2. The van der Waals surface area contributed by atoms with Crippen LogP contribution in [0.15, 0.2) is 24.3 Å². The van der Waals surface area contributed by atoms with Crippen molar-refractivity contribution in [2.75, 3.05) is 11.4 Å². The predicted molar refractivity (Wildman–Crippen MR) is 82.2 cm³/mol. The minimum atomic E-state index is -0.282. The molecule has 2 aliphatic rings. The van der Waals surface area contributed by atoms with E-state index in [9.17, 15) is 9.59 Å². The average molecular weight is 307 g/mol. The fourth-order valence-electron chi connectivity index (χ4n) is 2.84. The quantitative estimate of drug-likeness (QED) is 0.929. The van der Waals surface area contributed by atoms with E-state index in [4.69, 9.17) is 11.6 Å². The van der Waals surface area contributed by atoms with E-state index >= 15 is 0 Å². The highest BCUT2D eigenvalue weighted by Crippen LogP contribution is 2.33. The Morgan fingerprint density at radius 3 is 2.76 bits per heavy atom. The number of anilines is 1. The lowest BCUT2D eigenvalue weighted by Crippen LogP contribution is -2.39. The van der Waals surface area contributed by atoms with Gasteiger partial charge >= 0.3 is 0 Å². The van der Waals surface area contributed by atoms with E-state index < -0.39 is 0 Å². The number of para-hydroxylation sites is 1. The van der Waals surface area contributed by atoms with Gasteiger partial charge in [-0.05, 0) is 37.8 Å². The molecule has 1 N–H and O–H groups in total. The SMILES string of the molecule is CC(NC(=O)C1CC(=O)N(c2ccccc2Cl)C1)C1CC1. The van der Waals surface area contributed by atoms with E-state index in [0.717, 1.165) is 0 Å². The second kappa shape index (κ2) is 5.68. The van der Waals surface area contributed by atoms with Crippen LogP contribution in [-0.4, -0.2) is 24.4 Å². The Kier molecular flexibility index (Phi) is 3.89. The fourth-order valence-corrected chi connectivity index (χ4v) is 3.08. The molecule has 1 aromatic rings. The highest BCUT2D eigenvalue weighted by atomic mass is 35.5. The normalized spacial score (nSPS) is 23.2. The third kappa shape index (κ3) is 3.05. The number of carbonyl (C=O) groups excluding carboxylic acids is 2. The molecule has 1 saturated heterocycles. The van der Waals surface area contributed by atoms with Crippen LogP contribution in [0.2, 0.25) is 5.02 Å². The third-order valence-electron chi connectivity index (χ3n) is 4.34. The van der Waals surface area contributed by atoms with Crippen molar-refractivity contribution in [3.63, 3.8) is 0 Å². The minimum Gasteiger partial charge on any atom is -0.353 e. The van der Waals surface area contributed by atoms with Gasteiger partial charge in [-0.25, -0.2) is 0 Å². The number of hydrogen-bond acceptors (Lipinski definition) is 2. The second-order valence-electron chi connectivity index (χ2n) is 5.99. The van der Waals surface area contributed by atoms with E-state index in [2.05, 4.69) is 5.32 Å². The Morgan fingerprint density at radius 2 is 2.10 bits per heavy atom. The zero-order chi connectivity index (χ0) is 15.0. The Labute approximate surface area is 129 Å². The van der Waals surface area contributed by atoms with Gasteiger partial charge in [-0.3, -0.25) is 9.59 Å². The van der Waals surface area contributed by atoms with Crippen LogP contribution in [0.1, 0.15) is 26.2 Å². The van der Waals surface area contributed by atoms with Gasteiger partial charge in [0.2, 0.25) is 11.8 Å². The van der Waals surface area contributed by atoms with Gasteiger partial charge in [0.15, 0.2) is 0 Å². The molecule has 112 valence electrons. The van der Waals surface area contributed by atoms with Crippen LogP contribution >= 0.6 is 11.6 Å². The first-order valence-electron chi connectivity index (χ1n) is 7.41. The zero-order valence-corrected chi connectivity index (χ0v) is 12.8. The summed E-state index contributed by atoms with van der Waals surface area (Å²) in [5.74, 6) is 0.278. The number of hydrogen-bond donors (Lipinski definition) is 1. The first-order valence-corrected chi connectivity index (χ1v) is 7.79. The molecule has 5 heteroatoms. The summed E-state index contributed by atoms with van der Waals surface area (Å²) < 4.78 is 0. The van der Waals surface area contributed by atoms with Gasteiger partial charge < -0.3 is 10.2 Å². The summed E-state index contributed by atoms with van der Waals surface area (Å²) in [5.41, 5.74) is 0.690. The van der Waals surface area contributed by atoms with Crippen molar-refractivity contribution in [2.45, 2.75) is 32.2 Å².